The summed E-state index contributed by atoms with van der Waals surface area (Å²) < 4.78 is 4.82. The number of rotatable bonds is 4. The molecule has 1 aliphatic rings. The lowest BCUT2D eigenvalue weighted by molar-refractivity contribution is -0.202. The van der Waals surface area contributed by atoms with Gasteiger partial charge < -0.3 is 9.53 Å². The Balaban J connectivity index is 2.21. The third-order valence-electron chi connectivity index (χ3n) is 3.36. The van der Waals surface area contributed by atoms with Gasteiger partial charge in [0.25, 0.3) is 0 Å². The molecular weight excluding hydrogens is 246 g/mol. The first-order chi connectivity index (χ1) is 9.10. The molecule has 1 aromatic carbocycles. The van der Waals surface area contributed by atoms with Crippen LogP contribution in [0, 0.1) is 0 Å². The van der Waals surface area contributed by atoms with Gasteiger partial charge in [-0.1, -0.05) is 30.3 Å². The van der Waals surface area contributed by atoms with Crippen LogP contribution in [0.15, 0.2) is 30.3 Å². The summed E-state index contributed by atoms with van der Waals surface area (Å²) in [5, 5.41) is 1.53. The minimum atomic E-state index is -0.934. The number of carbonyl (C=O) groups is 2. The van der Waals surface area contributed by atoms with Gasteiger partial charge in [0.2, 0.25) is 0 Å². The van der Waals surface area contributed by atoms with Gasteiger partial charge in [-0.2, -0.15) is 5.06 Å². The first kappa shape index (κ1) is 13.7. The van der Waals surface area contributed by atoms with E-state index in [1.165, 1.54) is 12.2 Å². The van der Waals surface area contributed by atoms with E-state index in [9.17, 15) is 9.59 Å². The number of aldehydes is 1. The number of carbonyl (C=O) groups excluding carboxylic acids is 2. The first-order valence-corrected chi connectivity index (χ1v) is 6.12. The minimum absolute atomic E-state index is 0.302. The van der Waals surface area contributed by atoms with Crippen LogP contribution in [0.2, 0.25) is 0 Å². The molecule has 1 aliphatic heterocycles. The third-order valence-corrected chi connectivity index (χ3v) is 3.36. The molecule has 2 atom stereocenters. The molecule has 0 amide bonds. The van der Waals surface area contributed by atoms with E-state index < -0.39 is 17.6 Å². The molecule has 0 aromatic heterocycles. The van der Waals surface area contributed by atoms with Crippen LogP contribution in [0.3, 0.4) is 0 Å². The Morgan fingerprint density at radius 3 is 2.79 bits per heavy atom. The maximum absolute atomic E-state index is 11.9. The van der Waals surface area contributed by atoms with E-state index in [0.717, 1.165) is 5.56 Å². The second kappa shape index (κ2) is 5.50. The van der Waals surface area contributed by atoms with Gasteiger partial charge in [-0.15, -0.1) is 0 Å². The van der Waals surface area contributed by atoms with E-state index in [-0.39, 0.29) is 0 Å². The van der Waals surface area contributed by atoms with Crippen molar-refractivity contribution in [1.82, 2.24) is 5.06 Å². The van der Waals surface area contributed by atoms with Crippen LogP contribution in [0.25, 0.3) is 0 Å². The highest BCUT2D eigenvalue weighted by Crippen LogP contribution is 2.33. The molecule has 1 heterocycles. The Morgan fingerprint density at radius 2 is 2.21 bits per heavy atom. The zero-order valence-electron chi connectivity index (χ0n) is 11.0. The molecule has 0 N–H and O–H groups in total. The van der Waals surface area contributed by atoms with Gasteiger partial charge in [-0.3, -0.25) is 4.84 Å². The van der Waals surface area contributed by atoms with Gasteiger partial charge in [0, 0.05) is 6.42 Å². The molecule has 102 valence electrons. The smallest absolute Gasteiger partial charge is 0.328 e. The molecule has 1 saturated heterocycles. The molecule has 1 fully saturated rings. The van der Waals surface area contributed by atoms with Crippen LogP contribution in [0.5, 0.6) is 0 Å². The second-order valence-electron chi connectivity index (χ2n) is 4.77. The summed E-state index contributed by atoms with van der Waals surface area (Å²) in [6.45, 7) is 2.15. The fraction of sp³-hybridized carbons (Fsp3) is 0.429. The summed E-state index contributed by atoms with van der Waals surface area (Å²) in [5.41, 5.74) is 0.0695. The molecule has 0 spiro atoms. The van der Waals surface area contributed by atoms with E-state index >= 15 is 0 Å². The van der Waals surface area contributed by atoms with Crippen molar-refractivity contribution in [1.29, 1.82) is 0 Å². The fourth-order valence-electron chi connectivity index (χ4n) is 2.25. The highest BCUT2D eigenvalue weighted by Gasteiger charge is 2.50. The Morgan fingerprint density at radius 1 is 1.53 bits per heavy atom. The monoisotopic (exact) mass is 263 g/mol. The number of methoxy groups -OCH3 is 1. The molecule has 0 aliphatic carbocycles. The molecule has 0 saturated carbocycles. The van der Waals surface area contributed by atoms with E-state index in [4.69, 9.17) is 9.57 Å². The number of ether oxygens (including phenoxy) is 1. The van der Waals surface area contributed by atoms with Crippen LogP contribution in [0.1, 0.15) is 18.9 Å². The van der Waals surface area contributed by atoms with E-state index in [2.05, 4.69) is 0 Å². The molecule has 5 heteroatoms. The second-order valence-corrected chi connectivity index (χ2v) is 4.77. The van der Waals surface area contributed by atoms with Gasteiger partial charge in [0.05, 0.1) is 13.7 Å². The topological polar surface area (TPSA) is 55.8 Å². The lowest BCUT2D eigenvalue weighted by Crippen LogP contribution is -2.47. The Labute approximate surface area is 112 Å². The van der Waals surface area contributed by atoms with E-state index in [1.54, 1.807) is 6.92 Å². The summed E-state index contributed by atoms with van der Waals surface area (Å²) in [6.07, 6.45) is 0.412. The SMILES string of the molecule is COC(=O)[C@]1(C)C[C@@H](C=O)ON1Cc1ccccc1. The number of hydroxylamine groups is 2. The number of esters is 1. The van der Waals surface area contributed by atoms with Gasteiger partial charge in [-0.05, 0) is 12.5 Å². The molecule has 19 heavy (non-hydrogen) atoms. The largest absolute Gasteiger partial charge is 0.468 e. The van der Waals surface area contributed by atoms with Gasteiger partial charge in [0.1, 0.15) is 11.6 Å². The average molecular weight is 263 g/mol. The zero-order valence-corrected chi connectivity index (χ0v) is 11.0. The standard InChI is InChI=1S/C14H17NO4/c1-14(13(17)18-2)8-12(10-16)19-15(14)9-11-6-4-3-5-7-11/h3-7,10,12H,8-9H2,1-2H3/t12-,14-/m0/s1. The van der Waals surface area contributed by atoms with Crippen molar-refractivity contribution in [3.8, 4) is 0 Å². The van der Waals surface area contributed by atoms with Crippen LogP contribution < -0.4 is 0 Å². The van der Waals surface area contributed by atoms with Gasteiger partial charge >= 0.3 is 5.97 Å². The predicted octanol–water partition coefficient (Wildman–Crippen LogP) is 1.32. The van der Waals surface area contributed by atoms with Crippen LogP contribution in [-0.4, -0.2) is 36.1 Å². The quantitative estimate of drug-likeness (QED) is 0.606. The maximum Gasteiger partial charge on any atom is 0.328 e. The predicted molar refractivity (Wildman–Crippen MR) is 68.0 cm³/mol. The van der Waals surface area contributed by atoms with E-state index in [1.807, 2.05) is 30.3 Å². The molecule has 0 radical (unpaired) electrons. The summed E-state index contributed by atoms with van der Waals surface area (Å²) in [4.78, 5) is 28.4. The van der Waals surface area contributed by atoms with Crippen molar-refractivity contribution in [3.05, 3.63) is 35.9 Å². The fourth-order valence-corrected chi connectivity index (χ4v) is 2.25. The molecule has 2 rings (SSSR count). The van der Waals surface area contributed by atoms with Crippen LogP contribution in [0.4, 0.5) is 0 Å². The number of benzene rings is 1. The lowest BCUT2D eigenvalue weighted by atomic mass is 9.95. The summed E-state index contributed by atoms with van der Waals surface area (Å²) in [5.74, 6) is -0.396. The average Bonchev–Trinajstić information content (AvgIpc) is 2.77. The maximum atomic E-state index is 11.9. The zero-order chi connectivity index (χ0) is 13.9. The summed E-state index contributed by atoms with van der Waals surface area (Å²) in [7, 11) is 1.34. The normalized spacial score (nSPS) is 27.2. The molecule has 5 nitrogen and oxygen atoms in total. The van der Waals surface area contributed by atoms with Gasteiger partial charge in [0.15, 0.2) is 6.29 Å². The Bertz CT molecular complexity index is 462. The van der Waals surface area contributed by atoms with E-state index in [0.29, 0.717) is 19.3 Å². The summed E-state index contributed by atoms with van der Waals surface area (Å²) in [6, 6.07) is 9.63. The van der Waals surface area contributed by atoms with Crippen molar-refractivity contribution < 1.29 is 19.2 Å². The Hall–Kier alpha value is -1.72. The van der Waals surface area contributed by atoms with Crippen molar-refractivity contribution >= 4 is 12.3 Å². The molecule has 0 unspecified atom stereocenters. The van der Waals surface area contributed by atoms with Crippen molar-refractivity contribution in [3.63, 3.8) is 0 Å². The molecular formula is C14H17NO4. The molecule has 0 bridgehead atoms. The first-order valence-electron chi connectivity index (χ1n) is 6.12. The number of hydrogen-bond acceptors (Lipinski definition) is 5. The number of nitrogens with zero attached hydrogens (tertiary/aromatic N) is 1. The van der Waals surface area contributed by atoms with Crippen LogP contribution in [-0.2, 0) is 25.7 Å². The number of hydrogen-bond donors (Lipinski definition) is 0. The third kappa shape index (κ3) is 2.67. The molecule has 1 aromatic rings. The van der Waals surface area contributed by atoms with Crippen molar-refractivity contribution in [2.45, 2.75) is 31.5 Å². The van der Waals surface area contributed by atoms with Crippen molar-refractivity contribution in [2.24, 2.45) is 0 Å². The highest BCUT2D eigenvalue weighted by molar-refractivity contribution is 5.81. The minimum Gasteiger partial charge on any atom is -0.468 e. The Kier molecular flexibility index (Phi) is 3.97. The van der Waals surface area contributed by atoms with Crippen LogP contribution >= 0.6 is 0 Å². The summed E-state index contributed by atoms with van der Waals surface area (Å²) >= 11 is 0. The lowest BCUT2D eigenvalue weighted by Gasteiger charge is -2.29. The highest BCUT2D eigenvalue weighted by atomic mass is 16.7. The van der Waals surface area contributed by atoms with Crippen molar-refractivity contribution in [2.75, 3.05) is 7.11 Å². The van der Waals surface area contributed by atoms with Gasteiger partial charge in [-0.25, -0.2) is 4.79 Å².